The van der Waals surface area contributed by atoms with Crippen molar-refractivity contribution < 1.29 is 4.74 Å². The van der Waals surface area contributed by atoms with E-state index in [0.717, 1.165) is 45.0 Å². The maximum atomic E-state index is 5.47. The van der Waals surface area contributed by atoms with Gasteiger partial charge in [-0.1, -0.05) is 31.2 Å². The Balaban J connectivity index is 1.65. The van der Waals surface area contributed by atoms with Gasteiger partial charge in [-0.25, -0.2) is 0 Å². The monoisotopic (exact) mass is 352 g/mol. The summed E-state index contributed by atoms with van der Waals surface area (Å²) in [6.07, 6.45) is 3.00. The molecule has 1 saturated heterocycles. The topological polar surface area (TPSA) is 25.4 Å². The molecule has 0 spiro atoms. The van der Waals surface area contributed by atoms with Gasteiger partial charge in [0.1, 0.15) is 0 Å². The first-order chi connectivity index (χ1) is 12.3. The number of hydrogen-bond acceptors (Lipinski definition) is 4. The van der Waals surface area contributed by atoms with E-state index in [0.29, 0.717) is 5.92 Å². The van der Waals surface area contributed by atoms with Crippen LogP contribution in [0.15, 0.2) is 48.7 Å². The standard InChI is InChI=1S/C21H24N2OS/c1-16(18-7-4-5-10-22-18)21-17-6-2-3-8-19(17)25-20(21)9-11-23-12-14-24-15-13-23/h2-8,10,16H,9,11-15H2,1H3. The predicted molar refractivity (Wildman–Crippen MR) is 105 cm³/mol. The fourth-order valence-corrected chi connectivity index (χ4v) is 4.93. The Bertz CT molecular complexity index is 824. The number of hydrogen-bond donors (Lipinski definition) is 0. The molecule has 3 aromatic rings. The number of pyridine rings is 1. The molecule has 1 atom stereocenters. The summed E-state index contributed by atoms with van der Waals surface area (Å²) in [6.45, 7) is 7.23. The number of rotatable bonds is 5. The van der Waals surface area contributed by atoms with Crippen molar-refractivity contribution in [2.75, 3.05) is 32.8 Å². The van der Waals surface area contributed by atoms with E-state index in [1.807, 2.05) is 23.6 Å². The van der Waals surface area contributed by atoms with Crippen LogP contribution in [0.3, 0.4) is 0 Å². The van der Waals surface area contributed by atoms with Crippen molar-refractivity contribution in [1.29, 1.82) is 0 Å². The van der Waals surface area contributed by atoms with Crippen LogP contribution in [0.5, 0.6) is 0 Å². The van der Waals surface area contributed by atoms with Crippen LogP contribution in [0.1, 0.15) is 29.0 Å². The molecule has 1 aliphatic rings. The van der Waals surface area contributed by atoms with Crippen LogP contribution in [-0.2, 0) is 11.2 Å². The minimum atomic E-state index is 0.317. The van der Waals surface area contributed by atoms with Crippen molar-refractivity contribution in [3.8, 4) is 0 Å². The third kappa shape index (κ3) is 3.61. The second kappa shape index (κ2) is 7.65. The predicted octanol–water partition coefficient (Wildman–Crippen LogP) is 4.32. The van der Waals surface area contributed by atoms with Crippen molar-refractivity contribution in [2.45, 2.75) is 19.3 Å². The van der Waals surface area contributed by atoms with Crippen LogP contribution in [0.4, 0.5) is 0 Å². The number of fused-ring (bicyclic) bond motifs is 1. The molecule has 0 N–H and O–H groups in total. The molecule has 3 heterocycles. The molecule has 1 aromatic carbocycles. The van der Waals surface area contributed by atoms with E-state index < -0.39 is 0 Å². The van der Waals surface area contributed by atoms with E-state index in [4.69, 9.17) is 4.74 Å². The van der Waals surface area contributed by atoms with E-state index in [1.165, 1.54) is 20.5 Å². The van der Waals surface area contributed by atoms with Gasteiger partial charge >= 0.3 is 0 Å². The van der Waals surface area contributed by atoms with Crippen molar-refractivity contribution in [1.82, 2.24) is 9.88 Å². The van der Waals surface area contributed by atoms with Gasteiger partial charge in [-0.15, -0.1) is 11.3 Å². The molecule has 25 heavy (non-hydrogen) atoms. The number of morpholine rings is 1. The van der Waals surface area contributed by atoms with Gasteiger partial charge in [-0.2, -0.15) is 0 Å². The lowest BCUT2D eigenvalue weighted by atomic mass is 9.93. The third-order valence-corrected chi connectivity index (χ3v) is 6.28. The van der Waals surface area contributed by atoms with E-state index in [2.05, 4.69) is 53.2 Å². The Morgan fingerprint density at radius 2 is 1.92 bits per heavy atom. The molecular formula is C21H24N2OS. The molecule has 0 saturated carbocycles. The zero-order valence-electron chi connectivity index (χ0n) is 14.6. The molecule has 1 aliphatic heterocycles. The molecule has 4 rings (SSSR count). The average Bonchev–Trinajstić information content (AvgIpc) is 3.05. The zero-order valence-corrected chi connectivity index (χ0v) is 15.5. The minimum Gasteiger partial charge on any atom is -0.379 e. The molecule has 1 fully saturated rings. The SMILES string of the molecule is CC(c1ccccn1)c1c(CCN2CCOCC2)sc2ccccc12. The largest absolute Gasteiger partial charge is 0.379 e. The number of thiophene rings is 1. The van der Waals surface area contributed by atoms with Gasteiger partial charge in [0, 0.05) is 47.0 Å². The first kappa shape index (κ1) is 16.7. The molecule has 0 bridgehead atoms. The van der Waals surface area contributed by atoms with E-state index in [-0.39, 0.29) is 0 Å². The van der Waals surface area contributed by atoms with Crippen LogP contribution in [0.25, 0.3) is 10.1 Å². The van der Waals surface area contributed by atoms with E-state index in [9.17, 15) is 0 Å². The quantitative estimate of drug-likeness (QED) is 0.684. The minimum absolute atomic E-state index is 0.317. The first-order valence-corrected chi connectivity index (χ1v) is 9.86. The summed E-state index contributed by atoms with van der Waals surface area (Å²) < 4.78 is 6.86. The van der Waals surface area contributed by atoms with Gasteiger partial charge in [0.15, 0.2) is 0 Å². The number of aromatic nitrogens is 1. The summed E-state index contributed by atoms with van der Waals surface area (Å²) in [7, 11) is 0. The molecule has 4 heteroatoms. The second-order valence-corrected chi connectivity index (χ2v) is 7.75. The summed E-state index contributed by atoms with van der Waals surface area (Å²) >= 11 is 1.95. The van der Waals surface area contributed by atoms with Gasteiger partial charge in [0.2, 0.25) is 0 Å². The molecule has 2 aromatic heterocycles. The number of ether oxygens (including phenoxy) is 1. The van der Waals surface area contributed by atoms with Crippen molar-refractivity contribution >= 4 is 21.4 Å². The molecule has 130 valence electrons. The lowest BCUT2D eigenvalue weighted by molar-refractivity contribution is 0.0385. The van der Waals surface area contributed by atoms with Crippen molar-refractivity contribution in [2.24, 2.45) is 0 Å². The number of nitrogens with zero attached hydrogens (tertiary/aromatic N) is 2. The summed E-state index contributed by atoms with van der Waals surface area (Å²) in [6, 6.07) is 15.0. The Labute approximate surface area is 153 Å². The van der Waals surface area contributed by atoms with Crippen LogP contribution < -0.4 is 0 Å². The lowest BCUT2D eigenvalue weighted by Gasteiger charge is -2.26. The average molecular weight is 353 g/mol. The van der Waals surface area contributed by atoms with E-state index in [1.54, 1.807) is 0 Å². The molecule has 0 aliphatic carbocycles. The Kier molecular flexibility index (Phi) is 5.11. The van der Waals surface area contributed by atoms with Gasteiger partial charge < -0.3 is 4.74 Å². The maximum absolute atomic E-state index is 5.47. The normalized spacial score (nSPS) is 17.0. The smallest absolute Gasteiger partial charge is 0.0594 e. The molecule has 0 radical (unpaired) electrons. The van der Waals surface area contributed by atoms with Crippen LogP contribution in [-0.4, -0.2) is 42.7 Å². The van der Waals surface area contributed by atoms with Crippen LogP contribution in [0, 0.1) is 0 Å². The molecular weight excluding hydrogens is 328 g/mol. The highest BCUT2D eigenvalue weighted by atomic mass is 32.1. The summed E-state index contributed by atoms with van der Waals surface area (Å²) in [5.41, 5.74) is 2.62. The molecule has 1 unspecified atom stereocenters. The third-order valence-electron chi connectivity index (χ3n) is 5.03. The fraction of sp³-hybridized carbons (Fsp3) is 0.381. The highest BCUT2D eigenvalue weighted by molar-refractivity contribution is 7.19. The van der Waals surface area contributed by atoms with Gasteiger partial charge in [-0.05, 0) is 35.6 Å². The highest BCUT2D eigenvalue weighted by Gasteiger charge is 2.20. The molecule has 3 nitrogen and oxygen atoms in total. The van der Waals surface area contributed by atoms with Crippen molar-refractivity contribution in [3.05, 3.63) is 64.8 Å². The first-order valence-electron chi connectivity index (χ1n) is 9.04. The summed E-state index contributed by atoms with van der Waals surface area (Å²) in [5.74, 6) is 0.317. The van der Waals surface area contributed by atoms with Crippen LogP contribution in [0.2, 0.25) is 0 Å². The summed E-state index contributed by atoms with van der Waals surface area (Å²) in [4.78, 5) is 8.63. The number of benzene rings is 1. The fourth-order valence-electron chi connectivity index (χ4n) is 3.64. The maximum Gasteiger partial charge on any atom is 0.0594 e. The summed E-state index contributed by atoms with van der Waals surface area (Å²) in [5, 5.41) is 1.39. The Hall–Kier alpha value is -1.75. The zero-order chi connectivity index (χ0) is 17.1. The van der Waals surface area contributed by atoms with Crippen molar-refractivity contribution in [3.63, 3.8) is 0 Å². The van der Waals surface area contributed by atoms with Gasteiger partial charge in [-0.3, -0.25) is 9.88 Å². The van der Waals surface area contributed by atoms with Gasteiger partial charge in [0.05, 0.1) is 13.2 Å². The van der Waals surface area contributed by atoms with Gasteiger partial charge in [0.25, 0.3) is 0 Å². The Morgan fingerprint density at radius 1 is 1.12 bits per heavy atom. The lowest BCUT2D eigenvalue weighted by Crippen LogP contribution is -2.37. The Morgan fingerprint density at radius 3 is 2.72 bits per heavy atom. The molecule has 0 amide bonds. The van der Waals surface area contributed by atoms with Crippen LogP contribution >= 0.6 is 11.3 Å². The highest BCUT2D eigenvalue weighted by Crippen LogP contribution is 2.38. The second-order valence-electron chi connectivity index (χ2n) is 6.62. The van der Waals surface area contributed by atoms with E-state index >= 15 is 0 Å².